The first-order valence-corrected chi connectivity index (χ1v) is 14.1. The van der Waals surface area contributed by atoms with Gasteiger partial charge >= 0.3 is 5.97 Å². The van der Waals surface area contributed by atoms with E-state index in [0.717, 1.165) is 36.1 Å². The Hall–Kier alpha value is -3.78. The number of thiophene rings is 1. The van der Waals surface area contributed by atoms with Crippen molar-refractivity contribution in [2.24, 2.45) is 7.05 Å². The minimum atomic E-state index is -0.551. The van der Waals surface area contributed by atoms with Gasteiger partial charge in [-0.3, -0.25) is 19.7 Å². The molecule has 0 spiro atoms. The molecule has 0 saturated heterocycles. The van der Waals surface area contributed by atoms with E-state index in [0.29, 0.717) is 21.5 Å². The molecule has 0 unspecified atom stereocenters. The molecule has 0 saturated carbocycles. The van der Waals surface area contributed by atoms with E-state index in [-0.39, 0.29) is 30.3 Å². The summed E-state index contributed by atoms with van der Waals surface area (Å²) >= 11 is 2.64. The number of fused-ring (bicyclic) bond motifs is 1. The number of anilines is 1. The van der Waals surface area contributed by atoms with Crippen LogP contribution in [0.25, 0.3) is 0 Å². The molecule has 3 aromatic rings. The first-order valence-electron chi connectivity index (χ1n) is 12.4. The number of aryl methyl sites for hydroxylation is 1. The van der Waals surface area contributed by atoms with Gasteiger partial charge in [-0.05, 0) is 57.2 Å². The Kier molecular flexibility index (Phi) is 8.97. The predicted octanol–water partition coefficient (Wildman–Crippen LogP) is 3.89. The Labute approximate surface area is 232 Å². The molecule has 12 nitrogen and oxygen atoms in total. The first kappa shape index (κ1) is 28.2. The number of hydrogen-bond acceptors (Lipinski definition) is 10. The summed E-state index contributed by atoms with van der Waals surface area (Å²) in [5, 5.41) is 25.1. The number of esters is 1. The number of ether oxygens (including phenoxy) is 1. The number of carbonyl (C=O) groups is 3. The van der Waals surface area contributed by atoms with Crippen molar-refractivity contribution in [1.29, 1.82) is 0 Å². The summed E-state index contributed by atoms with van der Waals surface area (Å²) in [6.45, 7) is 3.82. The molecule has 2 aromatic heterocycles. The van der Waals surface area contributed by atoms with Crippen LogP contribution in [0.4, 0.5) is 10.7 Å². The SMILES string of the molecule is CCOC(=O)c1c(NC(=O)[C@H](C)Sc2nnc(CNC(=O)c3ccc([N+](=O)[O-])cc3)n2C)sc2c1CCCC2. The van der Waals surface area contributed by atoms with E-state index in [1.54, 1.807) is 25.5 Å². The number of nitro groups is 1. The van der Waals surface area contributed by atoms with Crippen LogP contribution in [0, 0.1) is 10.1 Å². The van der Waals surface area contributed by atoms with E-state index < -0.39 is 22.0 Å². The average molecular weight is 573 g/mol. The second-order valence-electron chi connectivity index (χ2n) is 8.83. The summed E-state index contributed by atoms with van der Waals surface area (Å²) < 4.78 is 6.94. The van der Waals surface area contributed by atoms with Gasteiger partial charge < -0.3 is 19.9 Å². The highest BCUT2D eigenvalue weighted by molar-refractivity contribution is 8.00. The highest BCUT2D eigenvalue weighted by atomic mass is 32.2. The quantitative estimate of drug-likeness (QED) is 0.159. The van der Waals surface area contributed by atoms with E-state index >= 15 is 0 Å². The molecular weight excluding hydrogens is 544 g/mol. The molecule has 206 valence electrons. The molecule has 1 aliphatic carbocycles. The lowest BCUT2D eigenvalue weighted by atomic mass is 9.95. The summed E-state index contributed by atoms with van der Waals surface area (Å²) in [5.41, 5.74) is 1.62. The molecule has 0 fully saturated rings. The van der Waals surface area contributed by atoms with Crippen LogP contribution in [0.3, 0.4) is 0 Å². The zero-order valence-corrected chi connectivity index (χ0v) is 23.3. The maximum Gasteiger partial charge on any atom is 0.341 e. The third-order valence-electron chi connectivity index (χ3n) is 6.21. The smallest absolute Gasteiger partial charge is 0.341 e. The maximum atomic E-state index is 13.1. The fraction of sp³-hybridized carbons (Fsp3) is 0.400. The number of nitrogens with one attached hydrogen (secondary N) is 2. The lowest BCUT2D eigenvalue weighted by Gasteiger charge is -2.13. The zero-order chi connectivity index (χ0) is 28.1. The lowest BCUT2D eigenvalue weighted by Crippen LogP contribution is -2.25. The Morgan fingerprint density at radius 3 is 2.62 bits per heavy atom. The molecule has 2 N–H and O–H groups in total. The van der Waals surface area contributed by atoms with E-state index in [1.165, 1.54) is 47.4 Å². The van der Waals surface area contributed by atoms with Crippen molar-refractivity contribution in [3.05, 3.63) is 61.8 Å². The second-order valence-corrected chi connectivity index (χ2v) is 11.2. The number of hydrogen-bond donors (Lipinski definition) is 2. The van der Waals surface area contributed by atoms with Crippen molar-refractivity contribution in [3.8, 4) is 0 Å². The molecule has 0 radical (unpaired) electrons. The molecule has 2 amide bonds. The number of non-ortho nitro benzene ring substituents is 1. The number of aromatic nitrogens is 3. The fourth-order valence-electron chi connectivity index (χ4n) is 4.10. The van der Waals surface area contributed by atoms with Crippen LogP contribution in [0.2, 0.25) is 0 Å². The van der Waals surface area contributed by atoms with Gasteiger partial charge in [-0.2, -0.15) is 0 Å². The van der Waals surface area contributed by atoms with Crippen molar-refractivity contribution in [1.82, 2.24) is 20.1 Å². The van der Waals surface area contributed by atoms with Crippen molar-refractivity contribution in [3.63, 3.8) is 0 Å². The van der Waals surface area contributed by atoms with Gasteiger partial charge in [-0.15, -0.1) is 21.5 Å². The summed E-state index contributed by atoms with van der Waals surface area (Å²) in [5.74, 6) is -0.636. The molecule has 4 rings (SSSR count). The molecule has 2 heterocycles. The molecule has 39 heavy (non-hydrogen) atoms. The lowest BCUT2D eigenvalue weighted by molar-refractivity contribution is -0.384. The van der Waals surface area contributed by atoms with E-state index in [1.807, 2.05) is 0 Å². The van der Waals surface area contributed by atoms with Crippen LogP contribution in [0.1, 0.15) is 63.7 Å². The number of carbonyl (C=O) groups excluding carboxylic acids is 3. The molecule has 0 aliphatic heterocycles. The Morgan fingerprint density at radius 1 is 1.21 bits per heavy atom. The predicted molar refractivity (Wildman–Crippen MR) is 146 cm³/mol. The Balaban J connectivity index is 1.38. The van der Waals surface area contributed by atoms with Gasteiger partial charge in [-0.1, -0.05) is 11.8 Å². The molecule has 0 bridgehead atoms. The maximum absolute atomic E-state index is 13.1. The van der Waals surface area contributed by atoms with Crippen LogP contribution < -0.4 is 10.6 Å². The monoisotopic (exact) mass is 572 g/mol. The normalized spacial score (nSPS) is 13.3. The van der Waals surface area contributed by atoms with Gasteiger partial charge in [0.05, 0.1) is 28.9 Å². The van der Waals surface area contributed by atoms with Crippen molar-refractivity contribution >= 4 is 51.6 Å². The fourth-order valence-corrected chi connectivity index (χ4v) is 6.21. The third-order valence-corrected chi connectivity index (χ3v) is 8.55. The molecule has 1 atom stereocenters. The Morgan fingerprint density at radius 2 is 1.92 bits per heavy atom. The number of benzene rings is 1. The van der Waals surface area contributed by atoms with Crippen LogP contribution in [-0.4, -0.2) is 49.3 Å². The van der Waals surface area contributed by atoms with Crippen molar-refractivity contribution in [2.75, 3.05) is 11.9 Å². The number of rotatable bonds is 10. The van der Waals surface area contributed by atoms with Crippen LogP contribution >= 0.6 is 23.1 Å². The first-order chi connectivity index (χ1) is 18.7. The van der Waals surface area contributed by atoms with E-state index in [9.17, 15) is 24.5 Å². The molecular formula is C25H28N6O6S2. The summed E-state index contributed by atoms with van der Waals surface area (Å²) in [4.78, 5) is 49.6. The highest BCUT2D eigenvalue weighted by Crippen LogP contribution is 2.39. The summed E-state index contributed by atoms with van der Waals surface area (Å²) in [6.07, 6.45) is 3.73. The number of amides is 2. The topological polar surface area (TPSA) is 158 Å². The van der Waals surface area contributed by atoms with Gasteiger partial charge in [0.25, 0.3) is 11.6 Å². The largest absolute Gasteiger partial charge is 0.462 e. The van der Waals surface area contributed by atoms with Crippen LogP contribution in [0.15, 0.2) is 29.4 Å². The van der Waals surface area contributed by atoms with E-state index in [4.69, 9.17) is 4.74 Å². The average Bonchev–Trinajstić information content (AvgIpc) is 3.46. The molecule has 1 aliphatic rings. The van der Waals surface area contributed by atoms with Gasteiger partial charge in [0.15, 0.2) is 11.0 Å². The third kappa shape index (κ3) is 6.45. The Bertz CT molecular complexity index is 1400. The summed E-state index contributed by atoms with van der Waals surface area (Å²) in [6, 6.07) is 5.28. The molecule has 14 heteroatoms. The number of nitro benzene ring substituents is 1. The van der Waals surface area contributed by atoms with Gasteiger partial charge in [0, 0.05) is 29.6 Å². The van der Waals surface area contributed by atoms with Gasteiger partial charge in [-0.25, -0.2) is 4.79 Å². The highest BCUT2D eigenvalue weighted by Gasteiger charge is 2.29. The van der Waals surface area contributed by atoms with Gasteiger partial charge in [0.1, 0.15) is 5.00 Å². The minimum absolute atomic E-state index is 0.0735. The number of nitrogens with zero attached hydrogens (tertiary/aromatic N) is 4. The van der Waals surface area contributed by atoms with Gasteiger partial charge in [0.2, 0.25) is 5.91 Å². The second kappa shape index (κ2) is 12.4. The standard InChI is InChI=1S/C25H28N6O6S2/c1-4-37-24(34)20-17-7-5-6-8-18(17)39-23(20)27-21(32)14(2)38-25-29-28-19(30(25)3)13-26-22(33)15-9-11-16(12-10-15)31(35)36/h9-12,14H,4-8,13H2,1-3H3,(H,26,33)(H,27,32)/t14-/m0/s1. The van der Waals surface area contributed by atoms with Crippen LogP contribution in [0.5, 0.6) is 0 Å². The summed E-state index contributed by atoms with van der Waals surface area (Å²) in [7, 11) is 1.73. The molecule has 1 aromatic carbocycles. The van der Waals surface area contributed by atoms with Crippen molar-refractivity contribution < 1.29 is 24.0 Å². The van der Waals surface area contributed by atoms with Crippen molar-refractivity contribution in [2.45, 2.75) is 56.5 Å². The zero-order valence-electron chi connectivity index (χ0n) is 21.7. The van der Waals surface area contributed by atoms with E-state index in [2.05, 4.69) is 20.8 Å². The number of thioether (sulfide) groups is 1. The minimum Gasteiger partial charge on any atom is -0.462 e. The van der Waals surface area contributed by atoms with Crippen LogP contribution in [-0.2, 0) is 36.0 Å².